The molecule has 0 aliphatic carbocycles. The van der Waals surface area contributed by atoms with Crippen molar-refractivity contribution < 1.29 is 43.2 Å². The van der Waals surface area contributed by atoms with E-state index in [-0.39, 0.29) is 51.0 Å². The normalized spacial score (nSPS) is 14.9. The van der Waals surface area contributed by atoms with Crippen molar-refractivity contribution in [3.63, 3.8) is 0 Å². The number of nitrogens with zero attached hydrogens (tertiary/aromatic N) is 2. The number of allylic oxidation sites excluding steroid dienone is 2. The zero-order valence-electron chi connectivity index (χ0n) is 31.7. The molecule has 3 aromatic rings. The number of aliphatic hydroxyl groups excluding tert-OH is 1. The minimum absolute atomic E-state index is 0.0383. The van der Waals surface area contributed by atoms with Crippen molar-refractivity contribution in [3.05, 3.63) is 69.3 Å². The van der Waals surface area contributed by atoms with E-state index in [1.54, 1.807) is 0 Å². The standard InChI is InChI=1S/C40H48N4O9/c1-21-22(2)29-18-34-27(13-14-45)40(3,4)35(44-34)20-33-26(16-39(49)53-8)24(10-12-37(47)51-6)31(43-33)19-30-23(9-11-36(46)50-5)25(15-38(48)52-7)32(42-30)17-28(21)41-29/h17-20,27,42-43,45H,9-16H2,1-8H3. The number of carbonyl (C=O) groups excluding carboxylic acids is 4. The molecule has 282 valence electrons. The van der Waals surface area contributed by atoms with E-state index in [4.69, 9.17) is 28.9 Å². The first-order valence-electron chi connectivity index (χ1n) is 17.6. The number of aryl methyl sites for hydroxylation is 2. The zero-order valence-corrected chi connectivity index (χ0v) is 31.7. The minimum Gasteiger partial charge on any atom is -0.469 e. The van der Waals surface area contributed by atoms with Gasteiger partial charge in [-0.3, -0.25) is 24.2 Å². The Hall–Kier alpha value is -5.30. The Morgan fingerprint density at radius 1 is 0.660 bits per heavy atom. The number of aliphatic hydroxyl groups is 1. The summed E-state index contributed by atoms with van der Waals surface area (Å²) in [6.45, 7) is 8.11. The molecule has 0 saturated heterocycles. The Bertz CT molecular complexity index is 2140. The molecule has 8 bridgehead atoms. The zero-order chi connectivity index (χ0) is 38.6. The van der Waals surface area contributed by atoms with Crippen LogP contribution in [-0.2, 0) is 69.2 Å². The first-order chi connectivity index (χ1) is 25.2. The Morgan fingerprint density at radius 2 is 1.11 bits per heavy atom. The maximum atomic E-state index is 12.9. The van der Waals surface area contributed by atoms with Crippen molar-refractivity contribution in [2.24, 2.45) is 0 Å². The van der Waals surface area contributed by atoms with Crippen LogP contribution >= 0.6 is 0 Å². The molecule has 0 radical (unpaired) electrons. The molecule has 53 heavy (non-hydrogen) atoms. The predicted molar refractivity (Wildman–Crippen MR) is 199 cm³/mol. The van der Waals surface area contributed by atoms with Gasteiger partial charge in [-0.05, 0) is 90.8 Å². The Morgan fingerprint density at radius 3 is 1.58 bits per heavy atom. The molecule has 2 aliphatic heterocycles. The van der Waals surface area contributed by atoms with Crippen LogP contribution in [0.15, 0.2) is 24.3 Å². The Balaban J connectivity index is 2.00. The van der Waals surface area contributed by atoms with Gasteiger partial charge in [0.2, 0.25) is 0 Å². The summed E-state index contributed by atoms with van der Waals surface area (Å²) in [4.78, 5) is 67.9. The van der Waals surface area contributed by atoms with E-state index in [1.807, 2.05) is 38.1 Å². The molecule has 5 rings (SSSR count). The second-order valence-corrected chi connectivity index (χ2v) is 13.9. The maximum absolute atomic E-state index is 12.9. The van der Waals surface area contributed by atoms with E-state index >= 15 is 0 Å². The number of fused-ring (bicyclic) bond motifs is 8. The van der Waals surface area contributed by atoms with Gasteiger partial charge in [-0.1, -0.05) is 13.8 Å². The molecule has 13 nitrogen and oxygen atoms in total. The molecule has 0 amide bonds. The molecule has 5 heterocycles. The minimum atomic E-state index is -0.519. The van der Waals surface area contributed by atoms with Crippen LogP contribution in [0.5, 0.6) is 0 Å². The summed E-state index contributed by atoms with van der Waals surface area (Å²) in [5, 5.41) is 10.2. The van der Waals surface area contributed by atoms with E-state index in [1.165, 1.54) is 28.4 Å². The molecule has 0 spiro atoms. The largest absolute Gasteiger partial charge is 0.469 e. The van der Waals surface area contributed by atoms with Gasteiger partial charge in [0, 0.05) is 64.2 Å². The fraction of sp³-hybridized carbons (Fsp3) is 0.450. The SMILES string of the molecule is COC(=O)CCc1c(CC(=O)OC)c2cc3nc(cc4nc(cc5[nH]c(cc1[nH]2)c(CCC(=O)OC)c5CC(=O)OC)C(C)(C)C4CCO)C(C)=C3C. The van der Waals surface area contributed by atoms with Crippen LogP contribution in [0.1, 0.15) is 97.9 Å². The fourth-order valence-corrected chi connectivity index (χ4v) is 7.22. The number of rotatable bonds is 12. The Kier molecular flexibility index (Phi) is 11.9. The van der Waals surface area contributed by atoms with Gasteiger partial charge in [0.15, 0.2) is 0 Å². The van der Waals surface area contributed by atoms with Gasteiger partial charge in [0.1, 0.15) is 0 Å². The molecule has 0 aromatic carbocycles. The van der Waals surface area contributed by atoms with Crippen molar-refractivity contribution in [1.82, 2.24) is 19.9 Å². The highest BCUT2D eigenvalue weighted by molar-refractivity contribution is 5.92. The van der Waals surface area contributed by atoms with Crippen LogP contribution in [0.25, 0.3) is 33.2 Å². The van der Waals surface area contributed by atoms with Gasteiger partial charge in [0.05, 0.1) is 52.7 Å². The van der Waals surface area contributed by atoms with E-state index < -0.39 is 29.3 Å². The van der Waals surface area contributed by atoms with Gasteiger partial charge in [-0.2, -0.15) is 0 Å². The highest BCUT2D eigenvalue weighted by atomic mass is 16.5. The second kappa shape index (κ2) is 16.2. The van der Waals surface area contributed by atoms with E-state index in [0.29, 0.717) is 56.4 Å². The monoisotopic (exact) mass is 728 g/mol. The molecule has 0 saturated carbocycles. The number of H-pyrrole nitrogens is 2. The third kappa shape index (κ3) is 8.04. The summed E-state index contributed by atoms with van der Waals surface area (Å²) in [5.41, 5.74) is 9.39. The van der Waals surface area contributed by atoms with Crippen LogP contribution in [0.4, 0.5) is 0 Å². The highest BCUT2D eigenvalue weighted by Crippen LogP contribution is 2.45. The number of methoxy groups -OCH3 is 4. The summed E-state index contributed by atoms with van der Waals surface area (Å²) >= 11 is 0. The van der Waals surface area contributed by atoms with Crippen LogP contribution in [0.3, 0.4) is 0 Å². The summed E-state index contributed by atoms with van der Waals surface area (Å²) in [5.74, 6) is -1.91. The van der Waals surface area contributed by atoms with Crippen molar-refractivity contribution in [2.45, 2.75) is 84.0 Å². The number of aromatic nitrogens is 4. The maximum Gasteiger partial charge on any atom is 0.310 e. The molecule has 1 atom stereocenters. The van der Waals surface area contributed by atoms with Crippen molar-refractivity contribution in [2.75, 3.05) is 35.0 Å². The predicted octanol–water partition coefficient (Wildman–Crippen LogP) is 5.35. The lowest BCUT2D eigenvalue weighted by atomic mass is 9.75. The van der Waals surface area contributed by atoms with Gasteiger partial charge < -0.3 is 34.0 Å². The van der Waals surface area contributed by atoms with Gasteiger partial charge >= 0.3 is 23.9 Å². The third-order valence-electron chi connectivity index (χ3n) is 10.5. The van der Waals surface area contributed by atoms with Crippen LogP contribution in [0.2, 0.25) is 0 Å². The smallest absolute Gasteiger partial charge is 0.310 e. The molecule has 3 N–H and O–H groups in total. The number of aromatic amines is 2. The van der Waals surface area contributed by atoms with Gasteiger partial charge in [-0.15, -0.1) is 0 Å². The fourth-order valence-electron chi connectivity index (χ4n) is 7.22. The summed E-state index contributed by atoms with van der Waals surface area (Å²) in [6, 6.07) is 7.65. The third-order valence-corrected chi connectivity index (χ3v) is 10.5. The Labute approximate surface area is 308 Å². The number of ether oxygens (including phenoxy) is 4. The molecule has 2 aliphatic rings. The quantitative estimate of drug-likeness (QED) is 0.161. The molecular formula is C40H48N4O9. The van der Waals surface area contributed by atoms with E-state index in [0.717, 1.165) is 28.2 Å². The van der Waals surface area contributed by atoms with E-state index in [2.05, 4.69) is 23.8 Å². The van der Waals surface area contributed by atoms with Gasteiger partial charge in [0.25, 0.3) is 0 Å². The first kappa shape index (κ1) is 38.9. The van der Waals surface area contributed by atoms with Crippen LogP contribution in [0, 0.1) is 0 Å². The van der Waals surface area contributed by atoms with Gasteiger partial charge in [-0.25, -0.2) is 4.98 Å². The number of carbonyl (C=O) groups is 4. The molecule has 3 aromatic heterocycles. The number of nitrogens with one attached hydrogen (secondary N) is 2. The molecule has 13 heteroatoms. The lowest BCUT2D eigenvalue weighted by molar-refractivity contribution is -0.141. The summed E-state index contributed by atoms with van der Waals surface area (Å²) < 4.78 is 20.2. The number of hydrogen-bond acceptors (Lipinski definition) is 11. The number of hydrogen-bond donors (Lipinski definition) is 3. The van der Waals surface area contributed by atoms with Crippen LogP contribution < -0.4 is 0 Å². The first-order valence-corrected chi connectivity index (χ1v) is 17.6. The molecular weight excluding hydrogens is 680 g/mol. The average molecular weight is 729 g/mol. The number of esters is 4. The molecule has 1 unspecified atom stereocenters. The topological polar surface area (TPSA) is 183 Å². The highest BCUT2D eigenvalue weighted by Gasteiger charge is 2.39. The lowest BCUT2D eigenvalue weighted by Gasteiger charge is -2.26. The van der Waals surface area contributed by atoms with Crippen molar-refractivity contribution >= 4 is 57.1 Å². The second-order valence-electron chi connectivity index (χ2n) is 13.9. The summed E-state index contributed by atoms with van der Waals surface area (Å²) in [7, 11) is 5.29. The van der Waals surface area contributed by atoms with Crippen molar-refractivity contribution in [1.29, 1.82) is 0 Å². The lowest BCUT2D eigenvalue weighted by Crippen LogP contribution is -2.23. The summed E-state index contributed by atoms with van der Waals surface area (Å²) in [6.07, 6.45) is 0.846. The average Bonchev–Trinajstić information content (AvgIpc) is 3.78. The van der Waals surface area contributed by atoms with Crippen molar-refractivity contribution in [3.8, 4) is 0 Å². The molecule has 0 fully saturated rings. The van der Waals surface area contributed by atoms with Crippen LogP contribution in [-0.4, -0.2) is 84.0 Å². The van der Waals surface area contributed by atoms with E-state index in [9.17, 15) is 24.3 Å².